The lowest BCUT2D eigenvalue weighted by molar-refractivity contribution is 0.0474. The summed E-state index contributed by atoms with van der Waals surface area (Å²) in [5.74, 6) is -0.201. The highest BCUT2D eigenvalue weighted by atomic mass is 16.5. The molecule has 0 radical (unpaired) electrons. The van der Waals surface area contributed by atoms with Gasteiger partial charge in [0.25, 0.3) is 0 Å². The minimum Gasteiger partial charge on any atom is -0.457 e. The maximum Gasteiger partial charge on any atom is 0.338 e. The number of nitrogens with zero attached hydrogens (tertiary/aromatic N) is 1. The Morgan fingerprint density at radius 3 is 2.52 bits per heavy atom. The van der Waals surface area contributed by atoms with Crippen LogP contribution in [-0.4, -0.2) is 5.97 Å². The summed E-state index contributed by atoms with van der Waals surface area (Å²) < 4.78 is 10.7. The number of nitriles is 1. The molecule has 5 nitrogen and oxygen atoms in total. The summed E-state index contributed by atoms with van der Waals surface area (Å²) in [5, 5.41) is 9.58. The van der Waals surface area contributed by atoms with Gasteiger partial charge in [-0.1, -0.05) is 13.8 Å². The Morgan fingerprint density at radius 2 is 1.89 bits per heavy atom. The number of benzene rings is 2. The molecule has 0 fully saturated rings. The number of fused-ring (bicyclic) bond motifs is 1. The second-order valence-electron chi connectivity index (χ2n) is 6.72. The van der Waals surface area contributed by atoms with Gasteiger partial charge >= 0.3 is 11.6 Å². The minimum absolute atomic E-state index is 0.0401. The molecular weight excluding hydrogens is 342 g/mol. The monoisotopic (exact) mass is 361 g/mol. The van der Waals surface area contributed by atoms with E-state index in [0.29, 0.717) is 28.2 Å². The number of ether oxygens (including phenoxy) is 1. The van der Waals surface area contributed by atoms with Crippen LogP contribution < -0.4 is 5.63 Å². The van der Waals surface area contributed by atoms with Crippen LogP contribution in [0.4, 0.5) is 0 Å². The Hall–Kier alpha value is -3.39. The summed E-state index contributed by atoms with van der Waals surface area (Å²) in [6, 6.07) is 13.4. The molecule has 3 aromatic rings. The first kappa shape index (κ1) is 18.4. The summed E-state index contributed by atoms with van der Waals surface area (Å²) in [6.45, 7) is 6.13. The van der Waals surface area contributed by atoms with Crippen LogP contribution in [-0.2, 0) is 11.3 Å². The molecule has 0 aliphatic heterocycles. The third kappa shape index (κ3) is 3.90. The van der Waals surface area contributed by atoms with Crippen molar-refractivity contribution in [3.8, 4) is 6.07 Å². The van der Waals surface area contributed by atoms with Gasteiger partial charge in [-0.2, -0.15) is 5.26 Å². The topological polar surface area (TPSA) is 80.3 Å². The molecular formula is C22H19NO4. The molecule has 136 valence electrons. The van der Waals surface area contributed by atoms with Gasteiger partial charge < -0.3 is 9.15 Å². The van der Waals surface area contributed by atoms with Crippen LogP contribution in [0.2, 0.25) is 0 Å². The zero-order chi connectivity index (χ0) is 19.6. The third-order valence-corrected chi connectivity index (χ3v) is 4.45. The predicted molar refractivity (Wildman–Crippen MR) is 102 cm³/mol. The normalized spacial score (nSPS) is 10.8. The molecule has 0 saturated carbocycles. The molecule has 0 bridgehead atoms. The van der Waals surface area contributed by atoms with Crippen LogP contribution in [0.3, 0.4) is 0 Å². The summed E-state index contributed by atoms with van der Waals surface area (Å²) in [4.78, 5) is 24.1. The Bertz CT molecular complexity index is 1100. The highest BCUT2D eigenvalue weighted by Crippen LogP contribution is 2.27. The summed E-state index contributed by atoms with van der Waals surface area (Å²) in [5.41, 5.74) is 3.61. The highest BCUT2D eigenvalue weighted by Gasteiger charge is 2.14. The largest absolute Gasteiger partial charge is 0.457 e. The van der Waals surface area contributed by atoms with Crippen molar-refractivity contribution >= 4 is 16.9 Å². The average Bonchev–Trinajstić information content (AvgIpc) is 2.65. The van der Waals surface area contributed by atoms with E-state index in [0.717, 1.165) is 16.5 Å². The predicted octanol–water partition coefficient (Wildman–Crippen LogP) is 4.45. The SMILES string of the molecule is Cc1cc2oc(=O)cc(COC(=O)c3ccc(C#N)cc3)c2cc1C(C)C. The number of carbonyl (C=O) groups excluding carboxylic acids is 1. The molecule has 2 aromatic carbocycles. The number of esters is 1. The fourth-order valence-corrected chi connectivity index (χ4v) is 3.04. The summed E-state index contributed by atoms with van der Waals surface area (Å²) >= 11 is 0. The van der Waals surface area contributed by atoms with Crippen LogP contribution in [0.25, 0.3) is 11.0 Å². The lowest BCUT2D eigenvalue weighted by Crippen LogP contribution is -2.08. The molecule has 5 heteroatoms. The molecule has 0 aliphatic rings. The van der Waals surface area contributed by atoms with E-state index in [1.54, 1.807) is 24.3 Å². The Labute approximate surface area is 156 Å². The first-order chi connectivity index (χ1) is 12.9. The lowest BCUT2D eigenvalue weighted by atomic mass is 9.95. The van der Waals surface area contributed by atoms with Crippen LogP contribution in [0.1, 0.15) is 52.4 Å². The molecule has 0 spiro atoms. The van der Waals surface area contributed by atoms with Gasteiger partial charge in [-0.3, -0.25) is 0 Å². The van der Waals surface area contributed by atoms with Gasteiger partial charge in [-0.05, 0) is 60.4 Å². The lowest BCUT2D eigenvalue weighted by Gasteiger charge is -2.13. The Balaban J connectivity index is 1.91. The molecule has 1 aromatic heterocycles. The van der Waals surface area contributed by atoms with Crippen LogP contribution in [0, 0.1) is 18.3 Å². The van der Waals surface area contributed by atoms with E-state index < -0.39 is 11.6 Å². The Morgan fingerprint density at radius 1 is 1.19 bits per heavy atom. The van der Waals surface area contributed by atoms with Gasteiger partial charge in [0.2, 0.25) is 0 Å². The molecule has 27 heavy (non-hydrogen) atoms. The molecule has 0 amide bonds. The molecule has 3 rings (SSSR count). The summed E-state index contributed by atoms with van der Waals surface area (Å²) in [7, 11) is 0. The van der Waals surface area contributed by atoms with E-state index in [2.05, 4.69) is 13.8 Å². The molecule has 0 unspecified atom stereocenters. The second kappa shape index (κ2) is 7.46. The molecule has 0 aliphatic carbocycles. The minimum atomic E-state index is -0.517. The number of carbonyl (C=O) groups is 1. The quantitative estimate of drug-likeness (QED) is 0.506. The average molecular weight is 361 g/mol. The van der Waals surface area contributed by atoms with E-state index >= 15 is 0 Å². The molecule has 0 atom stereocenters. The zero-order valence-corrected chi connectivity index (χ0v) is 15.4. The van der Waals surface area contributed by atoms with Crippen molar-refractivity contribution in [2.75, 3.05) is 0 Å². The standard InChI is InChI=1S/C22H19NO4/c1-13(2)18-10-19-17(9-21(24)27-20(19)8-14(18)3)12-26-22(25)16-6-4-15(11-23)5-7-16/h4-10,13H,12H2,1-3H3. The van der Waals surface area contributed by atoms with Gasteiger partial charge in [0.05, 0.1) is 17.2 Å². The van der Waals surface area contributed by atoms with Crippen LogP contribution >= 0.6 is 0 Å². The van der Waals surface area contributed by atoms with Gasteiger partial charge in [0.15, 0.2) is 0 Å². The van der Waals surface area contributed by atoms with Crippen LogP contribution in [0.15, 0.2) is 51.7 Å². The number of hydrogen-bond donors (Lipinski definition) is 0. The third-order valence-electron chi connectivity index (χ3n) is 4.45. The number of rotatable bonds is 4. The fourth-order valence-electron chi connectivity index (χ4n) is 3.04. The van der Waals surface area contributed by atoms with Crippen molar-refractivity contribution < 1.29 is 13.9 Å². The van der Waals surface area contributed by atoms with Crippen molar-refractivity contribution in [1.29, 1.82) is 5.26 Å². The smallest absolute Gasteiger partial charge is 0.338 e. The van der Waals surface area contributed by atoms with Crippen molar-refractivity contribution in [3.05, 3.63) is 80.7 Å². The van der Waals surface area contributed by atoms with Crippen LogP contribution in [0.5, 0.6) is 0 Å². The van der Waals surface area contributed by atoms with E-state index in [1.807, 2.05) is 25.1 Å². The van der Waals surface area contributed by atoms with Gasteiger partial charge in [-0.25, -0.2) is 9.59 Å². The maximum atomic E-state index is 12.3. The van der Waals surface area contributed by atoms with Crippen molar-refractivity contribution in [2.45, 2.75) is 33.3 Å². The molecule has 0 N–H and O–H groups in total. The van der Waals surface area contributed by atoms with E-state index in [-0.39, 0.29) is 6.61 Å². The van der Waals surface area contributed by atoms with Gasteiger partial charge in [0.1, 0.15) is 12.2 Å². The van der Waals surface area contributed by atoms with Gasteiger partial charge in [0, 0.05) is 17.0 Å². The Kier molecular flexibility index (Phi) is 5.09. The van der Waals surface area contributed by atoms with Gasteiger partial charge in [-0.15, -0.1) is 0 Å². The molecule has 0 saturated heterocycles. The van der Waals surface area contributed by atoms with E-state index in [9.17, 15) is 9.59 Å². The van der Waals surface area contributed by atoms with Crippen molar-refractivity contribution in [1.82, 2.24) is 0 Å². The number of aryl methyl sites for hydroxylation is 1. The van der Waals surface area contributed by atoms with E-state index in [1.165, 1.54) is 6.07 Å². The zero-order valence-electron chi connectivity index (χ0n) is 15.4. The van der Waals surface area contributed by atoms with Crippen molar-refractivity contribution in [2.24, 2.45) is 0 Å². The number of hydrogen-bond acceptors (Lipinski definition) is 5. The summed E-state index contributed by atoms with van der Waals surface area (Å²) in [6.07, 6.45) is 0. The first-order valence-electron chi connectivity index (χ1n) is 8.63. The van der Waals surface area contributed by atoms with Crippen molar-refractivity contribution in [3.63, 3.8) is 0 Å². The molecule has 1 heterocycles. The fraction of sp³-hybridized carbons (Fsp3) is 0.227. The highest BCUT2D eigenvalue weighted by molar-refractivity contribution is 5.90. The van der Waals surface area contributed by atoms with E-state index in [4.69, 9.17) is 14.4 Å². The maximum absolute atomic E-state index is 12.3. The second-order valence-corrected chi connectivity index (χ2v) is 6.72. The first-order valence-corrected chi connectivity index (χ1v) is 8.63.